The van der Waals surface area contributed by atoms with Crippen molar-refractivity contribution >= 4 is 10.0 Å². The van der Waals surface area contributed by atoms with E-state index in [4.69, 9.17) is 4.74 Å². The van der Waals surface area contributed by atoms with E-state index in [9.17, 15) is 39.2 Å². The minimum absolute atomic E-state index is 0.0499. The molecule has 3 atom stereocenters. The van der Waals surface area contributed by atoms with Gasteiger partial charge in [-0.05, 0) is 48.7 Å². The van der Waals surface area contributed by atoms with Crippen LogP contribution in [0.1, 0.15) is 35.4 Å². The molecule has 0 saturated carbocycles. The van der Waals surface area contributed by atoms with E-state index in [2.05, 4.69) is 4.90 Å². The molecule has 5 rings (SSSR count). The van der Waals surface area contributed by atoms with Crippen molar-refractivity contribution in [3.05, 3.63) is 89.2 Å². The topological polar surface area (TPSA) is 49.9 Å². The van der Waals surface area contributed by atoms with E-state index >= 15 is 0 Å². The molecular formula is C30H29F7N2O3S. The number of alkyl halides is 6. The number of methoxy groups -OCH3 is 1. The first kappa shape index (κ1) is 31.4. The van der Waals surface area contributed by atoms with Gasteiger partial charge in [0.15, 0.2) is 0 Å². The first-order valence-electron chi connectivity index (χ1n) is 13.6. The summed E-state index contributed by atoms with van der Waals surface area (Å²) in [5.74, 6) is -1.68. The van der Waals surface area contributed by atoms with E-state index in [1.807, 2.05) is 0 Å². The second kappa shape index (κ2) is 11.8. The molecule has 5 nitrogen and oxygen atoms in total. The molecular weight excluding hydrogens is 601 g/mol. The monoisotopic (exact) mass is 630 g/mol. The molecule has 2 fully saturated rings. The van der Waals surface area contributed by atoms with Gasteiger partial charge in [-0.2, -0.15) is 30.6 Å². The minimum atomic E-state index is -4.86. The van der Waals surface area contributed by atoms with Gasteiger partial charge in [0.25, 0.3) is 0 Å². The Hall–Kier alpha value is -3.00. The molecule has 3 aromatic rings. The van der Waals surface area contributed by atoms with Gasteiger partial charge in [-0.15, -0.1) is 0 Å². The zero-order valence-corrected chi connectivity index (χ0v) is 23.8. The van der Waals surface area contributed by atoms with Crippen LogP contribution in [-0.4, -0.2) is 63.1 Å². The summed E-state index contributed by atoms with van der Waals surface area (Å²) >= 11 is 0. The summed E-state index contributed by atoms with van der Waals surface area (Å²) in [6.07, 6.45) is -8.64. The Morgan fingerprint density at radius 3 is 2.12 bits per heavy atom. The molecule has 0 bridgehead atoms. The third-order valence-electron chi connectivity index (χ3n) is 8.20. The summed E-state index contributed by atoms with van der Waals surface area (Å²) in [4.78, 5) is 1.29. The van der Waals surface area contributed by atoms with Crippen molar-refractivity contribution < 1.29 is 43.9 Å². The lowest BCUT2D eigenvalue weighted by Gasteiger charge is -2.57. The molecule has 2 saturated heterocycles. The molecule has 0 spiro atoms. The molecule has 2 aliphatic heterocycles. The van der Waals surface area contributed by atoms with E-state index in [1.54, 1.807) is 12.1 Å². The Balaban J connectivity index is 1.47. The summed E-state index contributed by atoms with van der Waals surface area (Å²) in [6.45, 7) is 0.919. The normalized spacial score (nSPS) is 22.4. The third kappa shape index (κ3) is 6.04. The summed E-state index contributed by atoms with van der Waals surface area (Å²) < 4.78 is 130. The maximum absolute atomic E-state index is 14.8. The van der Waals surface area contributed by atoms with Crippen molar-refractivity contribution in [1.82, 2.24) is 9.21 Å². The molecule has 43 heavy (non-hydrogen) atoms. The zero-order valence-electron chi connectivity index (χ0n) is 23.0. The lowest BCUT2D eigenvalue weighted by Crippen LogP contribution is -2.68. The van der Waals surface area contributed by atoms with Crippen molar-refractivity contribution in [3.63, 3.8) is 0 Å². The number of sulfonamides is 1. The predicted octanol–water partition coefficient (Wildman–Crippen LogP) is 6.80. The smallest absolute Gasteiger partial charge is 0.383 e. The van der Waals surface area contributed by atoms with Crippen LogP contribution < -0.4 is 0 Å². The van der Waals surface area contributed by atoms with Crippen LogP contribution in [0.25, 0.3) is 11.1 Å². The number of nitrogens with zero attached hydrogens (tertiary/aromatic N) is 2. The Kier molecular flexibility index (Phi) is 8.64. The first-order valence-corrected chi connectivity index (χ1v) is 15.1. The molecule has 0 radical (unpaired) electrons. The highest BCUT2D eigenvalue weighted by atomic mass is 32.2. The average Bonchev–Trinajstić information content (AvgIpc) is 2.93. The highest BCUT2D eigenvalue weighted by molar-refractivity contribution is 7.89. The molecule has 0 N–H and O–H groups in total. The quantitative estimate of drug-likeness (QED) is 0.282. The molecule has 0 amide bonds. The number of halogens is 7. The van der Waals surface area contributed by atoms with Gasteiger partial charge in [0, 0.05) is 43.8 Å². The molecule has 2 heterocycles. The fourth-order valence-corrected chi connectivity index (χ4v) is 7.91. The number of fused-ring (bicyclic) bond motifs is 1. The van der Waals surface area contributed by atoms with Gasteiger partial charge in [-0.3, -0.25) is 4.90 Å². The Morgan fingerprint density at radius 2 is 1.47 bits per heavy atom. The van der Waals surface area contributed by atoms with Crippen molar-refractivity contribution in [2.45, 2.75) is 48.1 Å². The lowest BCUT2D eigenvalue weighted by molar-refractivity contribution is -0.140. The highest BCUT2D eigenvalue weighted by Gasteiger charge is 2.51. The molecule has 2 aliphatic rings. The summed E-state index contributed by atoms with van der Waals surface area (Å²) in [5.41, 5.74) is -1.84. The Labute approximate surface area is 244 Å². The first-order chi connectivity index (χ1) is 20.2. The number of benzene rings is 3. The van der Waals surface area contributed by atoms with Crippen LogP contribution in [-0.2, 0) is 27.1 Å². The van der Waals surface area contributed by atoms with Crippen molar-refractivity contribution in [2.75, 3.05) is 33.4 Å². The van der Waals surface area contributed by atoms with Gasteiger partial charge in [0.05, 0.1) is 22.6 Å². The molecule has 0 aromatic heterocycles. The van der Waals surface area contributed by atoms with E-state index in [0.717, 1.165) is 34.1 Å². The van der Waals surface area contributed by atoms with Gasteiger partial charge in [0.1, 0.15) is 5.82 Å². The largest absolute Gasteiger partial charge is 0.419 e. The van der Waals surface area contributed by atoms with Crippen LogP contribution in [0.3, 0.4) is 0 Å². The van der Waals surface area contributed by atoms with E-state index < -0.39 is 50.3 Å². The molecule has 0 aliphatic carbocycles. The second-order valence-corrected chi connectivity index (χ2v) is 12.6. The highest BCUT2D eigenvalue weighted by Crippen LogP contribution is 2.44. The van der Waals surface area contributed by atoms with E-state index in [1.165, 1.54) is 31.4 Å². The Bertz CT molecular complexity index is 1560. The lowest BCUT2D eigenvalue weighted by atomic mass is 9.74. The van der Waals surface area contributed by atoms with Crippen LogP contribution in [0.15, 0.2) is 71.6 Å². The molecule has 13 heteroatoms. The van der Waals surface area contributed by atoms with Gasteiger partial charge in [-0.1, -0.05) is 48.5 Å². The average molecular weight is 631 g/mol. The number of rotatable bonds is 6. The zero-order chi connectivity index (χ0) is 31.2. The van der Waals surface area contributed by atoms with Crippen molar-refractivity contribution in [1.29, 1.82) is 0 Å². The molecule has 3 aromatic carbocycles. The van der Waals surface area contributed by atoms with E-state index in [0.29, 0.717) is 32.1 Å². The number of ether oxygens (including phenoxy) is 1. The summed E-state index contributed by atoms with van der Waals surface area (Å²) in [6, 6.07) is 13.0. The fraction of sp³-hybridized carbons (Fsp3) is 0.400. The van der Waals surface area contributed by atoms with Gasteiger partial charge >= 0.3 is 12.4 Å². The number of hydrogen-bond acceptors (Lipinski definition) is 4. The van der Waals surface area contributed by atoms with Gasteiger partial charge in [0.2, 0.25) is 10.0 Å². The number of hydrogen-bond donors (Lipinski definition) is 0. The third-order valence-corrected chi connectivity index (χ3v) is 10.1. The van der Waals surface area contributed by atoms with Gasteiger partial charge in [-0.25, -0.2) is 12.8 Å². The summed E-state index contributed by atoms with van der Waals surface area (Å²) in [5, 5.41) is 0. The van der Waals surface area contributed by atoms with Gasteiger partial charge < -0.3 is 4.74 Å². The van der Waals surface area contributed by atoms with Crippen LogP contribution >= 0.6 is 0 Å². The standard InChI is InChI=1S/C30H29F7N2O3S/c1-42-18-25-27(20-13-11-19(12-14-20)21-7-6-9-23(28(21)31)30(35,36)37)24-17-38(15-4-5-16-39(24)25)43(40,41)26-10-3-2-8-22(26)29(32,33)34/h2-3,6-14,24-25,27H,4-5,15-18H2,1H3/t24-,25?,27-/m0/s1. The second-order valence-electron chi connectivity index (χ2n) is 10.7. The molecule has 1 unspecified atom stereocenters. The Morgan fingerprint density at radius 1 is 0.837 bits per heavy atom. The van der Waals surface area contributed by atoms with E-state index in [-0.39, 0.29) is 36.2 Å². The van der Waals surface area contributed by atoms with Crippen molar-refractivity contribution in [2.24, 2.45) is 0 Å². The fourth-order valence-electron chi connectivity index (χ4n) is 6.20. The van der Waals surface area contributed by atoms with Crippen LogP contribution in [0.4, 0.5) is 30.7 Å². The van der Waals surface area contributed by atoms with Crippen LogP contribution in [0, 0.1) is 5.82 Å². The minimum Gasteiger partial charge on any atom is -0.383 e. The van der Waals surface area contributed by atoms with Crippen LogP contribution in [0.5, 0.6) is 0 Å². The van der Waals surface area contributed by atoms with Crippen molar-refractivity contribution in [3.8, 4) is 11.1 Å². The van der Waals surface area contributed by atoms with Crippen LogP contribution in [0.2, 0.25) is 0 Å². The maximum Gasteiger partial charge on any atom is 0.419 e. The SMILES string of the molecule is COCC1[C@@H](c2ccc(-c3cccc(C(F)(F)F)c3F)cc2)[C@@H]2CN(S(=O)(=O)c3ccccc3C(F)(F)F)CCCCN12. The maximum atomic E-state index is 14.8. The predicted molar refractivity (Wildman–Crippen MR) is 145 cm³/mol. The molecule has 232 valence electrons. The summed E-state index contributed by atoms with van der Waals surface area (Å²) in [7, 11) is -2.99.